The van der Waals surface area contributed by atoms with Crippen LogP contribution < -0.4 is 11.1 Å². The minimum absolute atomic E-state index is 0.0240. The number of rotatable bonds is 7. The highest BCUT2D eigenvalue weighted by Crippen LogP contribution is 2.38. The predicted octanol–water partition coefficient (Wildman–Crippen LogP) is 6.97. The first-order chi connectivity index (χ1) is 19.8. The Bertz CT molecular complexity index is 1250. The zero-order chi connectivity index (χ0) is 30.9. The molecule has 0 spiro atoms. The number of nitrogens with zero attached hydrogens (tertiary/aromatic N) is 3. The molecule has 0 saturated heterocycles. The molecule has 11 heteroatoms. The third-order valence-corrected chi connectivity index (χ3v) is 7.81. The Kier molecular flexibility index (Phi) is 11.6. The number of aliphatic imine (C=N–C) groups is 2. The molecule has 0 amide bonds. The summed E-state index contributed by atoms with van der Waals surface area (Å²) in [5.41, 5.74) is 7.36. The fourth-order valence-electron chi connectivity index (χ4n) is 5.43. The van der Waals surface area contributed by atoms with E-state index in [1.54, 1.807) is 32.3 Å². The minimum Gasteiger partial charge on any atom is -0.395 e. The molecular formula is C31H40F5N5O. The summed E-state index contributed by atoms with van der Waals surface area (Å²) in [7, 11) is 1.56. The first-order valence-electron chi connectivity index (χ1n) is 14.3. The van der Waals surface area contributed by atoms with Gasteiger partial charge in [0.2, 0.25) is 5.92 Å². The van der Waals surface area contributed by atoms with Crippen LogP contribution in [0.25, 0.3) is 5.57 Å². The van der Waals surface area contributed by atoms with Crippen molar-refractivity contribution < 1.29 is 26.7 Å². The van der Waals surface area contributed by atoms with Crippen LogP contribution in [0.4, 0.5) is 22.0 Å². The molecule has 1 aromatic heterocycles. The van der Waals surface area contributed by atoms with Crippen molar-refractivity contribution >= 4 is 23.8 Å². The van der Waals surface area contributed by atoms with Crippen LogP contribution >= 0.6 is 0 Å². The fourth-order valence-corrected chi connectivity index (χ4v) is 5.43. The predicted molar refractivity (Wildman–Crippen MR) is 156 cm³/mol. The summed E-state index contributed by atoms with van der Waals surface area (Å²) in [6.45, 7) is 3.78. The van der Waals surface area contributed by atoms with Crippen molar-refractivity contribution in [3.8, 4) is 0 Å². The number of nitrogens with one attached hydrogen (secondary N) is 1. The smallest absolute Gasteiger partial charge is 0.395 e. The number of pyridine rings is 1. The number of carbonyl (C=O) groups excluding carboxylic acids is 1. The van der Waals surface area contributed by atoms with Gasteiger partial charge in [-0.25, -0.2) is 13.8 Å². The standard InChI is InChI=1S/C31H40F5N5O/c1-20-11-13-39-26(14-20)25(19-38-3)28(37)29(42)22-8-7-12-30(32,33)16-21(2)23(15-22)17-40-27-10-6-4-5-9-24(18-41-27)31(34,35)36/h9-11,13-14,18-19,21-23,40H,4-8,12,15-17,37H2,1-3H3/b24-9-,27-10?,28-25?,38-19?,41-18?/t21-,22?,23?/m1/s1. The summed E-state index contributed by atoms with van der Waals surface area (Å²) in [5, 5.41) is 3.09. The maximum absolute atomic E-state index is 14.8. The van der Waals surface area contributed by atoms with Crippen LogP contribution in [0.15, 0.2) is 57.6 Å². The summed E-state index contributed by atoms with van der Waals surface area (Å²) in [5.74, 6) is -4.50. The Morgan fingerprint density at radius 3 is 2.67 bits per heavy atom. The average molecular weight is 594 g/mol. The summed E-state index contributed by atoms with van der Waals surface area (Å²) in [6.07, 6.45) is 3.48. The summed E-state index contributed by atoms with van der Waals surface area (Å²) in [6, 6.07) is 3.61. The highest BCUT2D eigenvalue weighted by atomic mass is 19.4. The largest absolute Gasteiger partial charge is 0.417 e. The fraction of sp³-hybridized carbons (Fsp3) is 0.548. The highest BCUT2D eigenvalue weighted by Gasteiger charge is 2.38. The second-order valence-corrected chi connectivity index (χ2v) is 11.2. The van der Waals surface area contributed by atoms with Crippen LogP contribution in [-0.2, 0) is 4.79 Å². The molecule has 1 aliphatic heterocycles. The molecule has 2 unspecified atom stereocenters. The van der Waals surface area contributed by atoms with Gasteiger partial charge in [-0.3, -0.25) is 14.8 Å². The number of hydrogen-bond donors (Lipinski definition) is 2. The molecule has 1 aromatic rings. The Balaban J connectivity index is 1.89. The molecule has 3 atom stereocenters. The van der Waals surface area contributed by atoms with Gasteiger partial charge in [-0.2, -0.15) is 13.2 Å². The molecule has 0 aromatic carbocycles. The SMILES string of the molecule is CN=CC(=C(N)C(=O)C1CCCC(F)(F)C[C@@H](C)C(CNC2=CCCC/C=C(\C(F)(F)F)C=N2)C1)c1cc(C)ccn1. The summed E-state index contributed by atoms with van der Waals surface area (Å²) < 4.78 is 69.6. The van der Waals surface area contributed by atoms with E-state index in [0.717, 1.165) is 17.9 Å². The lowest BCUT2D eigenvalue weighted by molar-refractivity contribution is -0.120. The number of alkyl halides is 5. The van der Waals surface area contributed by atoms with E-state index < -0.39 is 35.4 Å². The minimum atomic E-state index is -4.52. The van der Waals surface area contributed by atoms with E-state index in [9.17, 15) is 26.7 Å². The molecule has 2 heterocycles. The molecular weight excluding hydrogens is 553 g/mol. The van der Waals surface area contributed by atoms with Crippen molar-refractivity contribution in [1.82, 2.24) is 10.3 Å². The number of hydrogen-bond acceptors (Lipinski definition) is 6. The topological polar surface area (TPSA) is 92.7 Å². The number of Topliss-reactive ketones (excluding diaryl/α,β-unsaturated/α-hetero) is 1. The average Bonchev–Trinajstić information content (AvgIpc) is 3.06. The lowest BCUT2D eigenvalue weighted by Crippen LogP contribution is -2.33. The summed E-state index contributed by atoms with van der Waals surface area (Å²) in [4.78, 5) is 26.2. The normalized spacial score (nSPS) is 25.9. The number of aryl methyl sites for hydroxylation is 1. The first-order valence-corrected chi connectivity index (χ1v) is 14.3. The number of aromatic nitrogens is 1. The Morgan fingerprint density at radius 2 is 1.98 bits per heavy atom. The van der Waals surface area contributed by atoms with E-state index in [1.807, 2.05) is 13.0 Å². The molecule has 230 valence electrons. The van der Waals surface area contributed by atoms with Crippen molar-refractivity contribution in [3.05, 3.63) is 58.8 Å². The van der Waals surface area contributed by atoms with E-state index in [0.29, 0.717) is 24.1 Å². The molecule has 6 nitrogen and oxygen atoms in total. The van der Waals surface area contributed by atoms with E-state index in [1.165, 1.54) is 6.21 Å². The Hall–Kier alpha value is -3.37. The van der Waals surface area contributed by atoms with Crippen molar-refractivity contribution in [3.63, 3.8) is 0 Å². The van der Waals surface area contributed by atoms with Gasteiger partial charge in [0.05, 0.1) is 17.0 Å². The summed E-state index contributed by atoms with van der Waals surface area (Å²) >= 11 is 0. The zero-order valence-electron chi connectivity index (χ0n) is 24.4. The van der Waals surface area contributed by atoms with Gasteiger partial charge >= 0.3 is 6.18 Å². The van der Waals surface area contributed by atoms with Crippen LogP contribution in [0.1, 0.15) is 69.5 Å². The monoisotopic (exact) mass is 593 g/mol. The zero-order valence-corrected chi connectivity index (χ0v) is 24.4. The number of nitrogens with two attached hydrogens (primary N) is 1. The quantitative estimate of drug-likeness (QED) is 0.203. The van der Waals surface area contributed by atoms with Crippen LogP contribution in [0.5, 0.6) is 0 Å². The molecule has 42 heavy (non-hydrogen) atoms. The van der Waals surface area contributed by atoms with E-state index in [4.69, 9.17) is 5.73 Å². The van der Waals surface area contributed by atoms with Gasteiger partial charge in [0.1, 0.15) is 5.82 Å². The van der Waals surface area contributed by atoms with Gasteiger partial charge in [-0.15, -0.1) is 0 Å². The second-order valence-electron chi connectivity index (χ2n) is 11.2. The van der Waals surface area contributed by atoms with E-state index in [-0.39, 0.29) is 62.4 Å². The molecule has 1 fully saturated rings. The molecule has 1 aliphatic carbocycles. The number of ketones is 1. The molecule has 1 saturated carbocycles. The Morgan fingerprint density at radius 1 is 1.24 bits per heavy atom. The van der Waals surface area contributed by atoms with Crippen LogP contribution in [0.2, 0.25) is 0 Å². The maximum atomic E-state index is 14.8. The van der Waals surface area contributed by atoms with E-state index in [2.05, 4.69) is 20.3 Å². The number of carbonyl (C=O) groups is 1. The molecule has 2 aliphatic rings. The third-order valence-electron chi connectivity index (χ3n) is 7.81. The third kappa shape index (κ3) is 9.59. The van der Waals surface area contributed by atoms with Crippen molar-refractivity contribution in [2.75, 3.05) is 13.6 Å². The van der Waals surface area contributed by atoms with E-state index >= 15 is 0 Å². The first kappa shape index (κ1) is 33.1. The lowest BCUT2D eigenvalue weighted by Gasteiger charge is -2.29. The molecule has 0 bridgehead atoms. The van der Waals surface area contributed by atoms with Gasteiger partial charge in [-0.05, 0) is 81.1 Å². The van der Waals surface area contributed by atoms with Crippen molar-refractivity contribution in [2.45, 2.75) is 77.3 Å². The molecule has 0 radical (unpaired) electrons. The highest BCUT2D eigenvalue weighted by molar-refractivity contribution is 6.18. The van der Waals surface area contributed by atoms with Crippen molar-refractivity contribution in [2.24, 2.45) is 33.5 Å². The van der Waals surface area contributed by atoms with Crippen LogP contribution in [0, 0.1) is 24.7 Å². The Labute approximate surface area is 244 Å². The molecule has 3 N–H and O–H groups in total. The maximum Gasteiger partial charge on any atom is 0.417 e. The van der Waals surface area contributed by atoms with Crippen molar-refractivity contribution in [1.29, 1.82) is 0 Å². The van der Waals surface area contributed by atoms with Gasteiger partial charge in [-0.1, -0.05) is 13.0 Å². The number of halogens is 5. The lowest BCUT2D eigenvalue weighted by atomic mass is 9.80. The van der Waals surface area contributed by atoms with Gasteiger partial charge in [0.15, 0.2) is 5.78 Å². The van der Waals surface area contributed by atoms with Crippen LogP contribution in [0.3, 0.4) is 0 Å². The second kappa shape index (κ2) is 14.7. The van der Waals surface area contributed by atoms with Gasteiger partial charge in [0, 0.05) is 56.6 Å². The number of allylic oxidation sites excluding steroid dienone is 5. The van der Waals surface area contributed by atoms with Gasteiger partial charge in [0.25, 0.3) is 0 Å². The van der Waals surface area contributed by atoms with Crippen LogP contribution in [-0.4, -0.2) is 48.9 Å². The molecule has 3 rings (SSSR count). The van der Waals surface area contributed by atoms with Gasteiger partial charge < -0.3 is 11.1 Å².